The number of rotatable bonds is 6. The van der Waals surface area contributed by atoms with Crippen LogP contribution in [-0.4, -0.2) is 29.7 Å². The molecule has 1 amide bonds. The lowest BCUT2D eigenvalue weighted by Gasteiger charge is -2.18. The van der Waals surface area contributed by atoms with Gasteiger partial charge in [0.2, 0.25) is 5.91 Å². The highest BCUT2D eigenvalue weighted by molar-refractivity contribution is 5.81. The molecule has 1 aromatic carbocycles. The molecular formula is C13H20N2O2. The molecule has 0 aliphatic heterocycles. The van der Waals surface area contributed by atoms with Gasteiger partial charge >= 0.3 is 0 Å². The first-order valence-electron chi connectivity index (χ1n) is 5.88. The van der Waals surface area contributed by atoms with Crippen molar-refractivity contribution in [2.75, 3.05) is 6.61 Å². The van der Waals surface area contributed by atoms with Gasteiger partial charge in [-0.25, -0.2) is 0 Å². The molecule has 1 aromatic rings. The summed E-state index contributed by atoms with van der Waals surface area (Å²) in [5, 5.41) is 12.0. The zero-order valence-corrected chi connectivity index (χ0v) is 10.1. The molecule has 0 bridgehead atoms. The van der Waals surface area contributed by atoms with E-state index in [4.69, 9.17) is 5.73 Å². The van der Waals surface area contributed by atoms with Crippen molar-refractivity contribution in [3.63, 3.8) is 0 Å². The minimum Gasteiger partial charge on any atom is -0.394 e. The van der Waals surface area contributed by atoms with Gasteiger partial charge in [-0.1, -0.05) is 37.3 Å². The van der Waals surface area contributed by atoms with Crippen molar-refractivity contribution in [3.8, 4) is 0 Å². The third kappa shape index (κ3) is 4.54. The van der Waals surface area contributed by atoms with Crippen LogP contribution in [0.3, 0.4) is 0 Å². The Balaban J connectivity index is 2.52. The number of hydrogen-bond donors (Lipinski definition) is 3. The Labute approximate surface area is 102 Å². The van der Waals surface area contributed by atoms with Crippen molar-refractivity contribution in [1.82, 2.24) is 5.32 Å². The SMILES string of the molecule is CCC(N)C(=O)NC(CO)Cc1ccccc1. The molecule has 17 heavy (non-hydrogen) atoms. The lowest BCUT2D eigenvalue weighted by Crippen LogP contribution is -2.47. The van der Waals surface area contributed by atoms with Gasteiger partial charge < -0.3 is 16.2 Å². The monoisotopic (exact) mass is 236 g/mol. The molecule has 2 unspecified atom stereocenters. The maximum absolute atomic E-state index is 11.6. The number of aliphatic hydroxyl groups is 1. The molecular weight excluding hydrogens is 216 g/mol. The van der Waals surface area contributed by atoms with Gasteiger partial charge in [0.1, 0.15) is 0 Å². The summed E-state index contributed by atoms with van der Waals surface area (Å²) in [5.74, 6) is -0.206. The topological polar surface area (TPSA) is 75.4 Å². The number of nitrogens with one attached hydrogen (secondary N) is 1. The van der Waals surface area contributed by atoms with E-state index in [2.05, 4.69) is 5.32 Å². The maximum Gasteiger partial charge on any atom is 0.237 e. The van der Waals surface area contributed by atoms with Crippen LogP contribution in [0.4, 0.5) is 0 Å². The Morgan fingerprint density at radius 2 is 2.06 bits per heavy atom. The summed E-state index contributed by atoms with van der Waals surface area (Å²) in [5.41, 5.74) is 6.70. The Bertz CT molecular complexity index is 341. The van der Waals surface area contributed by atoms with Crippen molar-refractivity contribution in [2.45, 2.75) is 31.8 Å². The third-order valence-electron chi connectivity index (χ3n) is 2.67. The van der Waals surface area contributed by atoms with Crippen molar-refractivity contribution in [2.24, 2.45) is 5.73 Å². The van der Waals surface area contributed by atoms with Gasteiger partial charge in [-0.3, -0.25) is 4.79 Å². The van der Waals surface area contributed by atoms with E-state index in [1.54, 1.807) is 0 Å². The van der Waals surface area contributed by atoms with Crippen LogP contribution in [0.15, 0.2) is 30.3 Å². The smallest absolute Gasteiger partial charge is 0.237 e. The lowest BCUT2D eigenvalue weighted by atomic mass is 10.1. The summed E-state index contributed by atoms with van der Waals surface area (Å²) in [7, 11) is 0. The number of carbonyl (C=O) groups is 1. The van der Waals surface area contributed by atoms with Crippen LogP contribution in [0.5, 0.6) is 0 Å². The second-order valence-electron chi connectivity index (χ2n) is 4.09. The van der Waals surface area contributed by atoms with Crippen molar-refractivity contribution in [3.05, 3.63) is 35.9 Å². The summed E-state index contributed by atoms with van der Waals surface area (Å²) in [4.78, 5) is 11.6. The van der Waals surface area contributed by atoms with Crippen LogP contribution in [0, 0.1) is 0 Å². The first-order valence-corrected chi connectivity index (χ1v) is 5.88. The molecule has 0 heterocycles. The molecule has 0 saturated heterocycles. The molecule has 4 nitrogen and oxygen atoms in total. The number of carbonyl (C=O) groups excluding carboxylic acids is 1. The van der Waals surface area contributed by atoms with E-state index < -0.39 is 6.04 Å². The van der Waals surface area contributed by atoms with Crippen LogP contribution in [-0.2, 0) is 11.2 Å². The number of benzene rings is 1. The molecule has 0 saturated carbocycles. The summed E-state index contributed by atoms with van der Waals surface area (Å²) >= 11 is 0. The van der Waals surface area contributed by atoms with Crippen LogP contribution < -0.4 is 11.1 Å². The van der Waals surface area contributed by atoms with E-state index in [1.165, 1.54) is 0 Å². The summed E-state index contributed by atoms with van der Waals surface area (Å²) < 4.78 is 0. The minimum atomic E-state index is -0.500. The van der Waals surface area contributed by atoms with E-state index >= 15 is 0 Å². The molecule has 4 N–H and O–H groups in total. The van der Waals surface area contributed by atoms with E-state index in [-0.39, 0.29) is 18.6 Å². The second-order valence-corrected chi connectivity index (χ2v) is 4.09. The first kappa shape index (κ1) is 13.7. The fraction of sp³-hybridized carbons (Fsp3) is 0.462. The summed E-state index contributed by atoms with van der Waals surface area (Å²) in [6.45, 7) is 1.77. The van der Waals surface area contributed by atoms with E-state index in [0.717, 1.165) is 5.56 Å². The predicted molar refractivity (Wildman–Crippen MR) is 67.4 cm³/mol. The maximum atomic E-state index is 11.6. The van der Waals surface area contributed by atoms with Gasteiger partial charge in [0.25, 0.3) is 0 Å². The summed E-state index contributed by atoms with van der Waals surface area (Å²) in [6.07, 6.45) is 1.20. The highest BCUT2D eigenvalue weighted by Gasteiger charge is 2.16. The van der Waals surface area contributed by atoms with Gasteiger partial charge in [-0.2, -0.15) is 0 Å². The molecule has 0 spiro atoms. The van der Waals surface area contributed by atoms with Crippen LogP contribution >= 0.6 is 0 Å². The fourth-order valence-corrected chi connectivity index (χ4v) is 1.55. The van der Waals surface area contributed by atoms with Crippen LogP contribution in [0.2, 0.25) is 0 Å². The van der Waals surface area contributed by atoms with E-state index in [1.807, 2.05) is 37.3 Å². The Morgan fingerprint density at radius 3 is 2.59 bits per heavy atom. The molecule has 0 aliphatic rings. The minimum absolute atomic E-state index is 0.0862. The molecule has 1 rings (SSSR count). The standard InChI is InChI=1S/C13H20N2O2/c1-2-12(14)13(17)15-11(9-16)8-10-6-4-3-5-7-10/h3-7,11-12,16H,2,8-9,14H2,1H3,(H,15,17). The number of amides is 1. The average molecular weight is 236 g/mol. The van der Waals surface area contributed by atoms with Gasteiger partial charge in [-0.05, 0) is 18.4 Å². The first-order chi connectivity index (χ1) is 8.17. The van der Waals surface area contributed by atoms with Crippen LogP contribution in [0.25, 0.3) is 0 Å². The second kappa shape index (κ2) is 7.04. The quantitative estimate of drug-likeness (QED) is 0.671. The molecule has 0 radical (unpaired) electrons. The lowest BCUT2D eigenvalue weighted by molar-refractivity contribution is -0.123. The highest BCUT2D eigenvalue weighted by Crippen LogP contribution is 2.03. The average Bonchev–Trinajstić information content (AvgIpc) is 2.38. The molecule has 2 atom stereocenters. The van der Waals surface area contributed by atoms with Gasteiger partial charge in [-0.15, -0.1) is 0 Å². The predicted octanol–water partition coefficient (Wildman–Crippen LogP) is 0.444. The number of aliphatic hydroxyl groups excluding tert-OH is 1. The molecule has 4 heteroatoms. The number of hydrogen-bond acceptors (Lipinski definition) is 3. The molecule has 94 valence electrons. The van der Waals surface area contributed by atoms with E-state index in [0.29, 0.717) is 12.8 Å². The summed E-state index contributed by atoms with van der Waals surface area (Å²) in [6, 6.07) is 8.96. The largest absolute Gasteiger partial charge is 0.394 e. The number of nitrogens with two attached hydrogens (primary N) is 1. The van der Waals surface area contributed by atoms with Gasteiger partial charge in [0, 0.05) is 0 Å². The fourth-order valence-electron chi connectivity index (χ4n) is 1.55. The highest BCUT2D eigenvalue weighted by atomic mass is 16.3. The van der Waals surface area contributed by atoms with Crippen molar-refractivity contribution in [1.29, 1.82) is 0 Å². The van der Waals surface area contributed by atoms with Crippen LogP contribution in [0.1, 0.15) is 18.9 Å². The molecule has 0 fully saturated rings. The Kier molecular flexibility index (Phi) is 5.66. The zero-order valence-electron chi connectivity index (χ0n) is 10.1. The molecule has 0 aromatic heterocycles. The van der Waals surface area contributed by atoms with Crippen molar-refractivity contribution >= 4 is 5.91 Å². The van der Waals surface area contributed by atoms with E-state index in [9.17, 15) is 9.90 Å². The molecule has 0 aliphatic carbocycles. The van der Waals surface area contributed by atoms with Gasteiger partial charge in [0.05, 0.1) is 18.7 Å². The third-order valence-corrected chi connectivity index (χ3v) is 2.67. The van der Waals surface area contributed by atoms with Gasteiger partial charge in [0.15, 0.2) is 0 Å². The van der Waals surface area contributed by atoms with Crippen molar-refractivity contribution < 1.29 is 9.90 Å². The normalized spacial score (nSPS) is 14.1. The zero-order chi connectivity index (χ0) is 12.7. The Morgan fingerprint density at radius 1 is 1.41 bits per heavy atom. The Hall–Kier alpha value is -1.39.